The number of aliphatic hydroxyl groups excluding tert-OH is 1. The first-order valence-corrected chi connectivity index (χ1v) is 6.74. The van der Waals surface area contributed by atoms with E-state index in [1.807, 2.05) is 0 Å². The number of hydrogen-bond acceptors (Lipinski definition) is 3. The van der Waals surface area contributed by atoms with Gasteiger partial charge in [0.2, 0.25) is 5.91 Å². The van der Waals surface area contributed by atoms with E-state index < -0.39 is 23.3 Å². The lowest BCUT2D eigenvalue weighted by Crippen LogP contribution is -2.26. The molecule has 1 atom stereocenters. The summed E-state index contributed by atoms with van der Waals surface area (Å²) in [5.74, 6) is -1.86. The Kier molecular flexibility index (Phi) is 4.00. The van der Waals surface area contributed by atoms with Crippen LogP contribution in [0.3, 0.4) is 0 Å². The van der Waals surface area contributed by atoms with Gasteiger partial charge < -0.3 is 15.5 Å². The van der Waals surface area contributed by atoms with E-state index in [9.17, 15) is 19.1 Å². The molecule has 1 aromatic carbocycles. The van der Waals surface area contributed by atoms with Gasteiger partial charge in [0.25, 0.3) is 0 Å². The molecule has 0 bridgehead atoms. The fraction of sp³-hybridized carbons (Fsp3) is 0.467. The summed E-state index contributed by atoms with van der Waals surface area (Å²) >= 11 is 0. The van der Waals surface area contributed by atoms with E-state index >= 15 is 0 Å². The smallest absolute Gasteiger partial charge is 0.309 e. The molecule has 21 heavy (non-hydrogen) atoms. The molecule has 0 saturated heterocycles. The second kappa shape index (κ2) is 5.44. The zero-order valence-electron chi connectivity index (χ0n) is 11.9. The number of fused-ring (bicyclic) bond motifs is 1. The summed E-state index contributed by atoms with van der Waals surface area (Å²) in [6, 6.07) is 2.69. The number of carbonyl (C=O) groups is 2. The van der Waals surface area contributed by atoms with E-state index in [0.717, 1.165) is 5.56 Å². The molecule has 1 aromatic rings. The van der Waals surface area contributed by atoms with E-state index in [1.165, 1.54) is 26.0 Å². The minimum Gasteiger partial charge on any atom is -0.481 e. The van der Waals surface area contributed by atoms with Gasteiger partial charge in [0.1, 0.15) is 5.82 Å². The number of amides is 1. The Morgan fingerprint density at radius 1 is 1.43 bits per heavy atom. The van der Waals surface area contributed by atoms with Crippen molar-refractivity contribution in [2.75, 3.05) is 5.32 Å². The molecular formula is C15H18FNO4. The zero-order chi connectivity index (χ0) is 15.8. The number of halogens is 1. The predicted molar refractivity (Wildman–Crippen MR) is 74.3 cm³/mol. The van der Waals surface area contributed by atoms with E-state index in [-0.39, 0.29) is 17.9 Å². The zero-order valence-corrected chi connectivity index (χ0v) is 11.9. The highest BCUT2D eigenvalue weighted by Crippen LogP contribution is 2.34. The standard InChI is InChI=1S/C15H18FNO4/c1-15(2,14(20)21)7-12(18)9-5-8-3-4-13(19)17-11(8)6-10(9)16/h5-6,12,18H,3-4,7H2,1-2H3,(H,17,19)(H,20,21). The average Bonchev–Trinajstić information content (AvgIpc) is 2.36. The van der Waals surface area contributed by atoms with Crippen LogP contribution in [0.1, 0.15) is 43.9 Å². The van der Waals surface area contributed by atoms with Crippen molar-refractivity contribution in [3.05, 3.63) is 29.1 Å². The van der Waals surface area contributed by atoms with Crippen molar-refractivity contribution in [1.29, 1.82) is 0 Å². The second-order valence-corrected chi connectivity index (χ2v) is 5.99. The van der Waals surface area contributed by atoms with Crippen molar-refractivity contribution in [2.24, 2.45) is 5.41 Å². The molecule has 114 valence electrons. The van der Waals surface area contributed by atoms with Crippen molar-refractivity contribution in [1.82, 2.24) is 0 Å². The number of rotatable bonds is 4. The third-order valence-corrected chi connectivity index (χ3v) is 3.76. The molecular weight excluding hydrogens is 277 g/mol. The van der Waals surface area contributed by atoms with Gasteiger partial charge in [0, 0.05) is 17.7 Å². The van der Waals surface area contributed by atoms with Crippen molar-refractivity contribution in [3.8, 4) is 0 Å². The Labute approximate surface area is 121 Å². The van der Waals surface area contributed by atoms with Crippen LogP contribution in [-0.4, -0.2) is 22.1 Å². The number of carboxylic acid groups (broad SMARTS) is 1. The van der Waals surface area contributed by atoms with Crippen molar-refractivity contribution >= 4 is 17.6 Å². The summed E-state index contributed by atoms with van der Waals surface area (Å²) in [6.07, 6.45) is -0.512. The van der Waals surface area contributed by atoms with E-state index in [0.29, 0.717) is 18.5 Å². The van der Waals surface area contributed by atoms with Crippen LogP contribution in [0.15, 0.2) is 12.1 Å². The third-order valence-electron chi connectivity index (χ3n) is 3.76. The fourth-order valence-electron chi connectivity index (χ4n) is 2.36. The number of anilines is 1. The summed E-state index contributed by atoms with van der Waals surface area (Å²) in [7, 11) is 0. The lowest BCUT2D eigenvalue weighted by molar-refractivity contribution is -0.148. The van der Waals surface area contributed by atoms with Crippen LogP contribution in [0.25, 0.3) is 0 Å². The molecule has 0 aromatic heterocycles. The van der Waals surface area contributed by atoms with E-state index in [1.54, 1.807) is 0 Å². The highest BCUT2D eigenvalue weighted by molar-refractivity contribution is 5.93. The quantitative estimate of drug-likeness (QED) is 0.795. The summed E-state index contributed by atoms with van der Waals surface area (Å²) < 4.78 is 14.1. The van der Waals surface area contributed by atoms with Crippen molar-refractivity contribution in [3.63, 3.8) is 0 Å². The molecule has 2 rings (SSSR count). The monoisotopic (exact) mass is 295 g/mol. The SMILES string of the molecule is CC(C)(CC(O)c1cc2c(cc1F)NC(=O)CC2)C(=O)O. The number of carbonyl (C=O) groups excluding carboxylic acids is 1. The lowest BCUT2D eigenvalue weighted by atomic mass is 9.84. The Hall–Kier alpha value is -1.95. The molecule has 0 spiro atoms. The van der Waals surface area contributed by atoms with Crippen molar-refractivity contribution < 1.29 is 24.2 Å². The van der Waals surface area contributed by atoms with Crippen LogP contribution in [-0.2, 0) is 16.0 Å². The largest absolute Gasteiger partial charge is 0.481 e. The number of hydrogen-bond donors (Lipinski definition) is 3. The number of aryl methyl sites for hydroxylation is 1. The molecule has 6 heteroatoms. The Morgan fingerprint density at radius 3 is 2.71 bits per heavy atom. The lowest BCUT2D eigenvalue weighted by Gasteiger charge is -2.25. The molecule has 1 heterocycles. The second-order valence-electron chi connectivity index (χ2n) is 5.99. The van der Waals surface area contributed by atoms with Crippen LogP contribution >= 0.6 is 0 Å². The van der Waals surface area contributed by atoms with Crippen LogP contribution in [0.2, 0.25) is 0 Å². The van der Waals surface area contributed by atoms with Gasteiger partial charge in [-0.15, -0.1) is 0 Å². The summed E-state index contributed by atoms with van der Waals surface area (Å²) in [4.78, 5) is 22.4. The maximum absolute atomic E-state index is 14.1. The van der Waals surface area contributed by atoms with Crippen LogP contribution in [0.4, 0.5) is 10.1 Å². The summed E-state index contributed by atoms with van der Waals surface area (Å²) in [5, 5.41) is 21.8. The number of benzene rings is 1. The number of aliphatic carboxylic acids is 1. The molecule has 0 fully saturated rings. The average molecular weight is 295 g/mol. The van der Waals surface area contributed by atoms with Crippen LogP contribution in [0, 0.1) is 11.2 Å². The van der Waals surface area contributed by atoms with Gasteiger partial charge in [-0.3, -0.25) is 9.59 Å². The van der Waals surface area contributed by atoms with Gasteiger partial charge in [0.05, 0.1) is 11.5 Å². The van der Waals surface area contributed by atoms with E-state index in [4.69, 9.17) is 5.11 Å². The minimum absolute atomic E-state index is 0.0687. The first-order valence-electron chi connectivity index (χ1n) is 6.74. The summed E-state index contributed by atoms with van der Waals surface area (Å²) in [5.41, 5.74) is 0.0743. The van der Waals surface area contributed by atoms with E-state index in [2.05, 4.69) is 5.32 Å². The highest BCUT2D eigenvalue weighted by atomic mass is 19.1. The number of carboxylic acids is 1. The molecule has 1 amide bonds. The Morgan fingerprint density at radius 2 is 2.10 bits per heavy atom. The fourth-order valence-corrected chi connectivity index (χ4v) is 2.36. The summed E-state index contributed by atoms with van der Waals surface area (Å²) in [6.45, 7) is 2.96. The van der Waals surface area contributed by atoms with Crippen molar-refractivity contribution in [2.45, 2.75) is 39.2 Å². The molecule has 1 aliphatic rings. The molecule has 1 aliphatic heterocycles. The van der Waals surface area contributed by atoms with Gasteiger partial charge >= 0.3 is 5.97 Å². The van der Waals surface area contributed by atoms with Gasteiger partial charge in [-0.25, -0.2) is 4.39 Å². The molecule has 3 N–H and O–H groups in total. The highest BCUT2D eigenvalue weighted by Gasteiger charge is 2.32. The number of nitrogens with one attached hydrogen (secondary N) is 1. The van der Waals surface area contributed by atoms with Gasteiger partial charge in [0.15, 0.2) is 0 Å². The minimum atomic E-state index is -1.21. The topological polar surface area (TPSA) is 86.6 Å². The van der Waals surface area contributed by atoms with Gasteiger partial charge in [-0.1, -0.05) is 0 Å². The first kappa shape index (κ1) is 15.4. The Balaban J connectivity index is 2.28. The third kappa shape index (κ3) is 3.21. The molecule has 0 aliphatic carbocycles. The molecule has 5 nitrogen and oxygen atoms in total. The maximum atomic E-state index is 14.1. The van der Waals surface area contributed by atoms with Gasteiger partial charge in [-0.2, -0.15) is 0 Å². The molecule has 0 saturated carbocycles. The first-order chi connectivity index (χ1) is 9.70. The number of aliphatic hydroxyl groups is 1. The molecule has 1 unspecified atom stereocenters. The van der Waals surface area contributed by atoms with Gasteiger partial charge in [-0.05, 0) is 44.4 Å². The Bertz CT molecular complexity index is 598. The molecule has 0 radical (unpaired) electrons. The maximum Gasteiger partial charge on any atom is 0.309 e. The normalized spacial score (nSPS) is 16.1. The predicted octanol–water partition coefficient (Wildman–Crippen LogP) is 2.24. The van der Waals surface area contributed by atoms with Crippen LogP contribution < -0.4 is 5.32 Å². The van der Waals surface area contributed by atoms with Crippen LogP contribution in [0.5, 0.6) is 0 Å².